The van der Waals surface area contributed by atoms with E-state index in [1.54, 1.807) is 24.3 Å². The largest absolute Gasteiger partial charge is 0.481 e. The first-order valence-electron chi connectivity index (χ1n) is 7.28. The standard InChI is InChI=1S/C16H15ClN2O5/c1-23-14-6-13(24-18-14)15(20)19-7-11(12(8-19)16(21)22)9-2-4-10(17)5-3-9/h2-6,11-12H,7-8H2,1H3,(H,21,22)/t11-,12+/m0/s1. The van der Waals surface area contributed by atoms with Crippen molar-refractivity contribution in [3.8, 4) is 5.88 Å². The number of carboxylic acids is 1. The maximum atomic E-state index is 12.5. The highest BCUT2D eigenvalue weighted by atomic mass is 35.5. The smallest absolute Gasteiger partial charge is 0.308 e. The third-order valence-corrected chi connectivity index (χ3v) is 4.38. The number of rotatable bonds is 4. The van der Waals surface area contributed by atoms with Crippen LogP contribution in [0.1, 0.15) is 22.0 Å². The minimum atomic E-state index is -0.944. The van der Waals surface area contributed by atoms with Gasteiger partial charge in [0.25, 0.3) is 11.8 Å². The predicted octanol–water partition coefficient (Wildman–Crippen LogP) is 2.28. The number of aliphatic carboxylic acids is 1. The SMILES string of the molecule is COc1cc(C(=O)N2C[C@@H](C(=O)O)[C@H](c3ccc(Cl)cc3)C2)on1. The molecule has 1 aromatic carbocycles. The topological polar surface area (TPSA) is 92.9 Å². The number of halogens is 1. The fourth-order valence-electron chi connectivity index (χ4n) is 2.88. The van der Waals surface area contributed by atoms with Gasteiger partial charge in [-0.05, 0) is 22.9 Å². The molecule has 3 rings (SSSR count). The number of methoxy groups -OCH3 is 1. The third-order valence-electron chi connectivity index (χ3n) is 4.13. The number of nitrogens with zero attached hydrogens (tertiary/aromatic N) is 2. The van der Waals surface area contributed by atoms with Gasteiger partial charge in [0.2, 0.25) is 5.76 Å². The second-order valence-corrected chi connectivity index (χ2v) is 5.98. The zero-order valence-electron chi connectivity index (χ0n) is 12.8. The number of aromatic nitrogens is 1. The van der Waals surface area contributed by atoms with E-state index in [2.05, 4.69) is 5.16 Å². The number of benzene rings is 1. The molecule has 24 heavy (non-hydrogen) atoms. The molecule has 7 nitrogen and oxygen atoms in total. The number of likely N-dealkylation sites (tertiary alicyclic amines) is 1. The minimum Gasteiger partial charge on any atom is -0.481 e. The first-order valence-corrected chi connectivity index (χ1v) is 7.65. The van der Waals surface area contributed by atoms with E-state index in [1.165, 1.54) is 18.1 Å². The Morgan fingerprint density at radius 3 is 2.62 bits per heavy atom. The van der Waals surface area contributed by atoms with Crippen LogP contribution in [0.5, 0.6) is 5.88 Å². The molecule has 1 N–H and O–H groups in total. The van der Waals surface area contributed by atoms with Gasteiger partial charge in [-0.1, -0.05) is 23.7 Å². The summed E-state index contributed by atoms with van der Waals surface area (Å²) in [4.78, 5) is 25.5. The van der Waals surface area contributed by atoms with Gasteiger partial charge >= 0.3 is 5.97 Å². The van der Waals surface area contributed by atoms with E-state index in [9.17, 15) is 14.7 Å². The molecule has 2 aromatic rings. The van der Waals surface area contributed by atoms with Gasteiger partial charge in [-0.25, -0.2) is 0 Å². The van der Waals surface area contributed by atoms with Crippen molar-refractivity contribution in [3.63, 3.8) is 0 Å². The third kappa shape index (κ3) is 3.07. The number of ether oxygens (including phenoxy) is 1. The monoisotopic (exact) mass is 350 g/mol. The Morgan fingerprint density at radius 1 is 1.33 bits per heavy atom. The maximum absolute atomic E-state index is 12.5. The van der Waals surface area contributed by atoms with Gasteiger partial charge in [-0.15, -0.1) is 0 Å². The summed E-state index contributed by atoms with van der Waals surface area (Å²) in [6.07, 6.45) is 0. The number of hydrogen-bond donors (Lipinski definition) is 1. The summed E-state index contributed by atoms with van der Waals surface area (Å²) in [7, 11) is 1.42. The molecule has 2 atom stereocenters. The summed E-state index contributed by atoms with van der Waals surface area (Å²) in [6.45, 7) is 0.380. The van der Waals surface area contributed by atoms with Crippen LogP contribution in [0.3, 0.4) is 0 Å². The molecule has 0 saturated carbocycles. The van der Waals surface area contributed by atoms with Crippen LogP contribution in [0.2, 0.25) is 5.02 Å². The maximum Gasteiger partial charge on any atom is 0.308 e. The van der Waals surface area contributed by atoms with Crippen molar-refractivity contribution in [2.45, 2.75) is 5.92 Å². The second-order valence-electron chi connectivity index (χ2n) is 5.55. The lowest BCUT2D eigenvalue weighted by Crippen LogP contribution is -2.29. The van der Waals surface area contributed by atoms with Gasteiger partial charge in [-0.3, -0.25) is 9.59 Å². The van der Waals surface area contributed by atoms with Gasteiger partial charge in [0.05, 0.1) is 19.1 Å². The number of amides is 1. The molecule has 1 amide bonds. The fourth-order valence-corrected chi connectivity index (χ4v) is 3.01. The normalized spacial score (nSPS) is 20.2. The zero-order chi connectivity index (χ0) is 17.3. The van der Waals surface area contributed by atoms with E-state index >= 15 is 0 Å². The molecule has 1 saturated heterocycles. The molecule has 0 radical (unpaired) electrons. The molecule has 0 bridgehead atoms. The summed E-state index contributed by atoms with van der Waals surface area (Å²) >= 11 is 5.88. The summed E-state index contributed by atoms with van der Waals surface area (Å²) in [5.74, 6) is -2.14. The number of carbonyl (C=O) groups is 2. The fraction of sp³-hybridized carbons (Fsp3) is 0.312. The van der Waals surface area contributed by atoms with Crippen LogP contribution in [0, 0.1) is 5.92 Å². The van der Waals surface area contributed by atoms with Gasteiger partial charge < -0.3 is 19.3 Å². The Morgan fingerprint density at radius 2 is 2.04 bits per heavy atom. The summed E-state index contributed by atoms with van der Waals surface area (Å²) < 4.78 is 9.84. The van der Waals surface area contributed by atoms with Crippen molar-refractivity contribution in [2.24, 2.45) is 5.92 Å². The Balaban J connectivity index is 1.83. The van der Waals surface area contributed by atoms with Crippen LogP contribution >= 0.6 is 11.6 Å². The van der Waals surface area contributed by atoms with Crippen LogP contribution in [0.4, 0.5) is 0 Å². The van der Waals surface area contributed by atoms with E-state index in [1.807, 2.05) is 0 Å². The lowest BCUT2D eigenvalue weighted by Gasteiger charge is -2.15. The quantitative estimate of drug-likeness (QED) is 0.909. The van der Waals surface area contributed by atoms with E-state index < -0.39 is 17.8 Å². The highest BCUT2D eigenvalue weighted by molar-refractivity contribution is 6.30. The van der Waals surface area contributed by atoms with Crippen LogP contribution in [0.15, 0.2) is 34.9 Å². The minimum absolute atomic E-state index is 0.0211. The second kappa shape index (κ2) is 6.52. The highest BCUT2D eigenvalue weighted by Gasteiger charge is 2.41. The van der Waals surface area contributed by atoms with Crippen molar-refractivity contribution in [2.75, 3.05) is 20.2 Å². The van der Waals surface area contributed by atoms with E-state index in [-0.39, 0.29) is 30.6 Å². The number of hydrogen-bond acceptors (Lipinski definition) is 5. The van der Waals surface area contributed by atoms with Crippen LogP contribution in [0.25, 0.3) is 0 Å². The number of carbonyl (C=O) groups excluding carboxylic acids is 1. The first-order chi connectivity index (χ1) is 11.5. The van der Waals surface area contributed by atoms with Crippen LogP contribution < -0.4 is 4.74 Å². The van der Waals surface area contributed by atoms with Crippen LogP contribution in [-0.4, -0.2) is 47.2 Å². The molecule has 8 heteroatoms. The van der Waals surface area contributed by atoms with Crippen LogP contribution in [-0.2, 0) is 4.79 Å². The molecule has 1 fully saturated rings. The molecule has 126 valence electrons. The molecule has 0 unspecified atom stereocenters. The first kappa shape index (κ1) is 16.3. The van der Waals surface area contributed by atoms with Gasteiger partial charge in [0, 0.05) is 24.0 Å². The average Bonchev–Trinajstić information content (AvgIpc) is 3.22. The molecule has 0 aliphatic carbocycles. The van der Waals surface area contributed by atoms with Crippen molar-refractivity contribution < 1.29 is 24.0 Å². The molecule has 2 heterocycles. The molecule has 1 aliphatic rings. The van der Waals surface area contributed by atoms with Gasteiger partial charge in [-0.2, -0.15) is 0 Å². The van der Waals surface area contributed by atoms with E-state index in [4.69, 9.17) is 20.9 Å². The Hall–Kier alpha value is -2.54. The lowest BCUT2D eigenvalue weighted by atomic mass is 9.89. The highest BCUT2D eigenvalue weighted by Crippen LogP contribution is 2.34. The van der Waals surface area contributed by atoms with Gasteiger partial charge in [0.15, 0.2) is 0 Å². The summed E-state index contributed by atoms with van der Waals surface area (Å²) in [5.41, 5.74) is 0.831. The summed E-state index contributed by atoms with van der Waals surface area (Å²) in [6, 6.07) is 8.37. The molecule has 0 spiro atoms. The molecule has 1 aliphatic heterocycles. The lowest BCUT2D eigenvalue weighted by molar-refractivity contribution is -0.141. The predicted molar refractivity (Wildman–Crippen MR) is 84.3 cm³/mol. The Labute approximate surface area is 142 Å². The Kier molecular flexibility index (Phi) is 4.44. The van der Waals surface area contributed by atoms with Crippen molar-refractivity contribution in [1.29, 1.82) is 0 Å². The average molecular weight is 351 g/mol. The van der Waals surface area contributed by atoms with Crippen molar-refractivity contribution in [3.05, 3.63) is 46.7 Å². The molecular weight excluding hydrogens is 336 g/mol. The Bertz CT molecular complexity index is 758. The van der Waals surface area contributed by atoms with E-state index in [0.717, 1.165) is 5.56 Å². The molecule has 1 aromatic heterocycles. The van der Waals surface area contributed by atoms with Gasteiger partial charge in [0.1, 0.15) is 0 Å². The molecular formula is C16H15ClN2O5. The summed E-state index contributed by atoms with van der Waals surface area (Å²) in [5, 5.41) is 13.7. The van der Waals surface area contributed by atoms with E-state index in [0.29, 0.717) is 5.02 Å². The van der Waals surface area contributed by atoms with Crippen molar-refractivity contribution >= 4 is 23.5 Å². The number of carboxylic acid groups (broad SMARTS) is 1. The van der Waals surface area contributed by atoms with Crippen molar-refractivity contribution in [1.82, 2.24) is 10.1 Å². The zero-order valence-corrected chi connectivity index (χ0v) is 13.6.